The maximum atomic E-state index is 12.5. The first kappa shape index (κ1) is 17.5. The fourth-order valence-electron chi connectivity index (χ4n) is 2.42. The van der Waals surface area contributed by atoms with Crippen molar-refractivity contribution in [1.82, 2.24) is 4.31 Å². The molecule has 0 spiro atoms. The number of hydrogen-bond donors (Lipinski definition) is 0. The van der Waals surface area contributed by atoms with Gasteiger partial charge in [0.05, 0.1) is 16.4 Å². The van der Waals surface area contributed by atoms with Crippen LogP contribution in [0, 0.1) is 6.92 Å². The molecule has 0 amide bonds. The van der Waals surface area contributed by atoms with E-state index in [4.69, 9.17) is 16.0 Å². The fraction of sp³-hybridized carbons (Fsp3) is 0.333. The maximum Gasteiger partial charge on any atom is 0.243 e. The quantitative estimate of drug-likeness (QED) is 0.782. The Labute approximate surface area is 146 Å². The molecule has 0 aliphatic carbocycles. The second-order valence-corrected chi connectivity index (χ2v) is 10.4. The molecule has 1 aromatic carbocycles. The van der Waals surface area contributed by atoms with E-state index < -0.39 is 25.1 Å². The molecule has 0 unspecified atom stereocenters. The SMILES string of the molecule is Cc1ccc(S(=O)(=O)N2CC(S(=O)(=O)Cc3ccco3)C2)cc1Cl. The smallest absolute Gasteiger partial charge is 0.243 e. The van der Waals surface area contributed by atoms with Crippen LogP contribution in [0.3, 0.4) is 0 Å². The highest BCUT2D eigenvalue weighted by molar-refractivity contribution is 7.92. The Bertz CT molecular complexity index is 946. The second kappa shape index (κ2) is 6.18. The van der Waals surface area contributed by atoms with Crippen molar-refractivity contribution < 1.29 is 21.3 Å². The van der Waals surface area contributed by atoms with Crippen molar-refractivity contribution in [2.75, 3.05) is 13.1 Å². The van der Waals surface area contributed by atoms with Crippen molar-refractivity contribution in [2.24, 2.45) is 0 Å². The van der Waals surface area contributed by atoms with Gasteiger partial charge in [0.15, 0.2) is 9.84 Å². The number of sulfonamides is 1. The molecule has 0 N–H and O–H groups in total. The molecule has 0 radical (unpaired) electrons. The summed E-state index contributed by atoms with van der Waals surface area (Å²) in [7, 11) is -7.20. The summed E-state index contributed by atoms with van der Waals surface area (Å²) in [4.78, 5) is 0.0694. The van der Waals surface area contributed by atoms with Crippen LogP contribution in [0.1, 0.15) is 11.3 Å². The lowest BCUT2D eigenvalue weighted by atomic mass is 10.2. The van der Waals surface area contributed by atoms with Gasteiger partial charge < -0.3 is 4.42 Å². The van der Waals surface area contributed by atoms with Gasteiger partial charge in [0.1, 0.15) is 11.5 Å². The fourth-order valence-corrected chi connectivity index (χ4v) is 6.02. The lowest BCUT2D eigenvalue weighted by Crippen LogP contribution is -2.56. The third-order valence-electron chi connectivity index (χ3n) is 4.03. The number of aryl methyl sites for hydroxylation is 1. The summed E-state index contributed by atoms with van der Waals surface area (Å²) in [5, 5.41) is -0.364. The first-order valence-corrected chi connectivity index (χ1v) is 10.7. The van der Waals surface area contributed by atoms with Crippen LogP contribution in [-0.2, 0) is 25.6 Å². The molecule has 24 heavy (non-hydrogen) atoms. The minimum atomic E-state index is -3.74. The zero-order chi connectivity index (χ0) is 17.5. The highest BCUT2D eigenvalue weighted by Crippen LogP contribution is 2.29. The summed E-state index contributed by atoms with van der Waals surface area (Å²) in [5.41, 5.74) is 0.776. The summed E-state index contributed by atoms with van der Waals surface area (Å²) in [5.74, 6) is 0.121. The van der Waals surface area contributed by atoms with Crippen molar-refractivity contribution in [3.63, 3.8) is 0 Å². The van der Waals surface area contributed by atoms with Crippen LogP contribution in [0.5, 0.6) is 0 Å². The van der Waals surface area contributed by atoms with E-state index in [2.05, 4.69) is 0 Å². The van der Waals surface area contributed by atoms with E-state index in [9.17, 15) is 16.8 Å². The van der Waals surface area contributed by atoms with Crippen molar-refractivity contribution in [3.8, 4) is 0 Å². The van der Waals surface area contributed by atoms with Gasteiger partial charge in [-0.1, -0.05) is 17.7 Å². The standard InChI is InChI=1S/C15H16ClNO5S2/c1-11-4-5-13(7-15(11)16)24(20,21)17-8-14(9-17)23(18,19)10-12-3-2-6-22-12/h2-7,14H,8-10H2,1H3. The number of nitrogens with zero attached hydrogens (tertiary/aromatic N) is 1. The first-order chi connectivity index (χ1) is 11.2. The summed E-state index contributed by atoms with van der Waals surface area (Å²) < 4.78 is 55.8. The van der Waals surface area contributed by atoms with E-state index in [1.54, 1.807) is 25.1 Å². The Balaban J connectivity index is 1.72. The lowest BCUT2D eigenvalue weighted by Gasteiger charge is -2.37. The molecule has 1 aromatic heterocycles. The highest BCUT2D eigenvalue weighted by atomic mass is 35.5. The number of hydrogen-bond acceptors (Lipinski definition) is 5. The minimum absolute atomic E-state index is 0.0587. The van der Waals surface area contributed by atoms with Gasteiger partial charge in [0.25, 0.3) is 0 Å². The minimum Gasteiger partial charge on any atom is -0.468 e. The number of rotatable bonds is 5. The summed E-state index contributed by atoms with van der Waals surface area (Å²) >= 11 is 5.98. The summed E-state index contributed by atoms with van der Waals surface area (Å²) in [6, 6.07) is 7.68. The molecule has 2 aromatic rings. The Morgan fingerprint density at radius 2 is 1.92 bits per heavy atom. The van der Waals surface area contributed by atoms with Crippen LogP contribution < -0.4 is 0 Å². The Morgan fingerprint density at radius 1 is 1.21 bits per heavy atom. The number of benzene rings is 1. The Hall–Kier alpha value is -1.35. The number of furan rings is 1. The highest BCUT2D eigenvalue weighted by Gasteiger charge is 2.43. The van der Waals surface area contributed by atoms with Gasteiger partial charge >= 0.3 is 0 Å². The van der Waals surface area contributed by atoms with Crippen LogP contribution in [0.15, 0.2) is 45.9 Å². The molecule has 0 atom stereocenters. The molecule has 9 heteroatoms. The van der Waals surface area contributed by atoms with Gasteiger partial charge in [-0.2, -0.15) is 4.31 Å². The largest absolute Gasteiger partial charge is 0.468 e. The van der Waals surface area contributed by atoms with Gasteiger partial charge in [0.2, 0.25) is 10.0 Å². The molecule has 6 nitrogen and oxygen atoms in total. The van der Waals surface area contributed by atoms with Gasteiger partial charge in [-0.05, 0) is 36.8 Å². The van der Waals surface area contributed by atoms with Crippen molar-refractivity contribution in [2.45, 2.75) is 22.8 Å². The van der Waals surface area contributed by atoms with E-state index >= 15 is 0 Å². The third kappa shape index (κ3) is 3.23. The first-order valence-electron chi connectivity index (χ1n) is 7.20. The molecule has 1 aliphatic heterocycles. The zero-order valence-electron chi connectivity index (χ0n) is 12.8. The molecule has 0 bridgehead atoms. The van der Waals surface area contributed by atoms with Crippen LogP contribution >= 0.6 is 11.6 Å². The molecule has 1 saturated heterocycles. The van der Waals surface area contributed by atoms with E-state index in [0.29, 0.717) is 10.8 Å². The second-order valence-electron chi connectivity index (χ2n) is 5.74. The molecule has 3 rings (SSSR count). The van der Waals surface area contributed by atoms with E-state index in [1.807, 2.05) is 0 Å². The zero-order valence-corrected chi connectivity index (χ0v) is 15.2. The van der Waals surface area contributed by atoms with E-state index in [0.717, 1.165) is 9.87 Å². The maximum absolute atomic E-state index is 12.5. The topological polar surface area (TPSA) is 84.7 Å². The average Bonchev–Trinajstić information content (AvgIpc) is 2.91. The van der Waals surface area contributed by atoms with Crippen molar-refractivity contribution in [1.29, 1.82) is 0 Å². The van der Waals surface area contributed by atoms with E-state index in [-0.39, 0.29) is 23.7 Å². The van der Waals surface area contributed by atoms with Crippen LogP contribution in [0.2, 0.25) is 5.02 Å². The normalized spacial score (nSPS) is 16.9. The molecule has 0 saturated carbocycles. The predicted octanol–water partition coefficient (Wildman–Crippen LogP) is 2.23. The van der Waals surface area contributed by atoms with Gasteiger partial charge in [-0.25, -0.2) is 16.8 Å². The average molecular weight is 390 g/mol. The number of halogens is 1. The third-order valence-corrected chi connectivity index (χ3v) is 8.26. The van der Waals surface area contributed by atoms with Crippen LogP contribution in [-0.4, -0.2) is 39.5 Å². The molecular weight excluding hydrogens is 374 g/mol. The lowest BCUT2D eigenvalue weighted by molar-refractivity contribution is 0.309. The number of sulfone groups is 1. The van der Waals surface area contributed by atoms with Crippen LogP contribution in [0.4, 0.5) is 0 Å². The molecule has 2 heterocycles. The van der Waals surface area contributed by atoms with E-state index in [1.165, 1.54) is 18.4 Å². The van der Waals surface area contributed by atoms with Crippen molar-refractivity contribution in [3.05, 3.63) is 52.9 Å². The molecule has 1 fully saturated rings. The summed E-state index contributed by atoms with van der Waals surface area (Å²) in [6.45, 7) is 1.66. The Kier molecular flexibility index (Phi) is 4.50. The molecule has 1 aliphatic rings. The Morgan fingerprint density at radius 3 is 2.50 bits per heavy atom. The van der Waals surface area contributed by atoms with Crippen molar-refractivity contribution >= 4 is 31.5 Å². The van der Waals surface area contributed by atoms with Crippen LogP contribution in [0.25, 0.3) is 0 Å². The molecular formula is C15H16ClNO5S2. The summed E-state index contributed by atoms with van der Waals surface area (Å²) in [6.07, 6.45) is 1.41. The monoisotopic (exact) mass is 389 g/mol. The van der Waals surface area contributed by atoms with Gasteiger partial charge in [-0.15, -0.1) is 0 Å². The van der Waals surface area contributed by atoms with Gasteiger partial charge in [0, 0.05) is 18.1 Å². The van der Waals surface area contributed by atoms with Gasteiger partial charge in [-0.3, -0.25) is 0 Å². The molecule has 130 valence electrons. The predicted molar refractivity (Wildman–Crippen MR) is 90.1 cm³/mol.